The summed E-state index contributed by atoms with van der Waals surface area (Å²) in [5, 5.41) is 17.7. The Labute approximate surface area is 123 Å². The molecule has 1 aromatic heterocycles. The van der Waals surface area contributed by atoms with Crippen molar-refractivity contribution in [2.24, 2.45) is 0 Å². The van der Waals surface area contributed by atoms with Crippen LogP contribution in [0.2, 0.25) is 0 Å². The normalized spacial score (nSPS) is 16.4. The summed E-state index contributed by atoms with van der Waals surface area (Å²) in [5.74, 6) is -0.630. The van der Waals surface area contributed by atoms with E-state index < -0.39 is 23.9 Å². The molecule has 1 fully saturated rings. The largest absolute Gasteiger partial charge is 0.465 e. The molecule has 2 rings (SSSR count). The molecule has 0 aromatic carbocycles. The van der Waals surface area contributed by atoms with Gasteiger partial charge < -0.3 is 15.3 Å². The van der Waals surface area contributed by atoms with Crippen LogP contribution in [0.1, 0.15) is 29.0 Å². The van der Waals surface area contributed by atoms with Gasteiger partial charge in [0.25, 0.3) is 5.91 Å². The second-order valence-electron chi connectivity index (χ2n) is 4.82. The number of aromatic nitrogens is 2. The highest BCUT2D eigenvalue weighted by Crippen LogP contribution is 2.26. The van der Waals surface area contributed by atoms with Crippen molar-refractivity contribution in [2.45, 2.75) is 25.1 Å². The van der Waals surface area contributed by atoms with Gasteiger partial charge in [-0.15, -0.1) is 10.2 Å². The maximum atomic E-state index is 12.3. The highest BCUT2D eigenvalue weighted by molar-refractivity contribution is 5.92. The lowest BCUT2D eigenvalue weighted by atomic mass is 10.1. The van der Waals surface area contributed by atoms with Crippen LogP contribution >= 0.6 is 0 Å². The highest BCUT2D eigenvalue weighted by atomic mass is 19.4. The first-order valence-electron chi connectivity index (χ1n) is 6.47. The monoisotopic (exact) mass is 318 g/mol. The molecule has 2 N–H and O–H groups in total. The van der Waals surface area contributed by atoms with Gasteiger partial charge in [-0.25, -0.2) is 4.79 Å². The number of carbonyl (C=O) groups excluding carboxylic acids is 1. The molecular weight excluding hydrogens is 305 g/mol. The fourth-order valence-electron chi connectivity index (χ4n) is 2.08. The number of alkyl halides is 3. The summed E-state index contributed by atoms with van der Waals surface area (Å²) >= 11 is 0. The van der Waals surface area contributed by atoms with E-state index >= 15 is 0 Å². The molecule has 1 aromatic rings. The summed E-state index contributed by atoms with van der Waals surface area (Å²) in [6.07, 6.45) is -4.75. The summed E-state index contributed by atoms with van der Waals surface area (Å²) in [5.41, 5.74) is -1.38. The van der Waals surface area contributed by atoms with E-state index in [0.717, 1.165) is 6.07 Å². The number of halogens is 3. The summed E-state index contributed by atoms with van der Waals surface area (Å²) < 4.78 is 37.0. The fourth-order valence-corrected chi connectivity index (χ4v) is 2.08. The molecule has 0 unspecified atom stereocenters. The van der Waals surface area contributed by atoms with Gasteiger partial charge in [-0.2, -0.15) is 13.2 Å². The van der Waals surface area contributed by atoms with Crippen LogP contribution in [0.3, 0.4) is 0 Å². The summed E-state index contributed by atoms with van der Waals surface area (Å²) in [4.78, 5) is 23.8. The first-order valence-corrected chi connectivity index (χ1v) is 6.47. The topological polar surface area (TPSA) is 95.4 Å². The van der Waals surface area contributed by atoms with Crippen LogP contribution < -0.4 is 5.32 Å². The van der Waals surface area contributed by atoms with E-state index in [1.54, 1.807) is 0 Å². The summed E-state index contributed by atoms with van der Waals surface area (Å²) in [6.45, 7) is 0.581. The molecule has 22 heavy (non-hydrogen) atoms. The molecule has 1 saturated heterocycles. The number of nitrogens with zero attached hydrogens (tertiary/aromatic N) is 3. The van der Waals surface area contributed by atoms with E-state index in [0.29, 0.717) is 32.0 Å². The first kappa shape index (κ1) is 16.0. The number of likely N-dealkylation sites (tertiary alicyclic amines) is 1. The van der Waals surface area contributed by atoms with Crippen molar-refractivity contribution >= 4 is 12.0 Å². The number of hydrogen-bond acceptors (Lipinski definition) is 4. The Hall–Kier alpha value is -2.39. The predicted octanol–water partition coefficient (Wildman–Crippen LogP) is 1.37. The second-order valence-corrected chi connectivity index (χ2v) is 4.82. The molecule has 1 aliphatic rings. The molecule has 7 nitrogen and oxygen atoms in total. The minimum Gasteiger partial charge on any atom is -0.465 e. The Balaban J connectivity index is 1.92. The summed E-state index contributed by atoms with van der Waals surface area (Å²) in [7, 11) is 0. The molecule has 0 bridgehead atoms. The third-order valence-corrected chi connectivity index (χ3v) is 3.29. The third kappa shape index (κ3) is 3.83. The maximum absolute atomic E-state index is 12.3. The van der Waals surface area contributed by atoms with Crippen molar-refractivity contribution in [3.05, 3.63) is 23.5 Å². The number of carbonyl (C=O) groups is 2. The predicted molar refractivity (Wildman–Crippen MR) is 67.1 cm³/mol. The van der Waals surface area contributed by atoms with Gasteiger partial charge in [0.15, 0.2) is 11.4 Å². The lowest BCUT2D eigenvalue weighted by molar-refractivity contribution is -0.141. The van der Waals surface area contributed by atoms with Crippen molar-refractivity contribution in [1.82, 2.24) is 20.4 Å². The van der Waals surface area contributed by atoms with Crippen LogP contribution in [0.15, 0.2) is 12.1 Å². The zero-order chi connectivity index (χ0) is 16.3. The van der Waals surface area contributed by atoms with Crippen LogP contribution in [-0.4, -0.2) is 51.3 Å². The average Bonchev–Trinajstić information content (AvgIpc) is 2.47. The molecule has 0 spiro atoms. The molecule has 0 radical (unpaired) electrons. The number of amides is 2. The van der Waals surface area contributed by atoms with Crippen molar-refractivity contribution in [3.8, 4) is 0 Å². The lowest BCUT2D eigenvalue weighted by Crippen LogP contribution is -2.46. The lowest BCUT2D eigenvalue weighted by Gasteiger charge is -2.30. The molecule has 10 heteroatoms. The highest BCUT2D eigenvalue weighted by Gasteiger charge is 2.33. The minimum atomic E-state index is -4.61. The van der Waals surface area contributed by atoms with Gasteiger partial charge in [0.05, 0.1) is 0 Å². The number of rotatable bonds is 2. The molecule has 1 aliphatic heterocycles. The molecule has 120 valence electrons. The average molecular weight is 318 g/mol. The quantitative estimate of drug-likeness (QED) is 0.858. The maximum Gasteiger partial charge on any atom is 0.435 e. The SMILES string of the molecule is O=C(NC1CCN(C(=O)O)CC1)c1ccc(C(F)(F)F)nn1. The van der Waals surface area contributed by atoms with E-state index in [9.17, 15) is 22.8 Å². The fraction of sp³-hybridized carbons (Fsp3) is 0.500. The van der Waals surface area contributed by atoms with Crippen molar-refractivity contribution in [1.29, 1.82) is 0 Å². The standard InChI is InChI=1S/C12H13F3N4O3/c13-12(14,15)9-2-1-8(17-18-9)10(20)16-7-3-5-19(6-4-7)11(21)22/h1-2,7H,3-6H2,(H,16,20)(H,21,22). The molecule has 2 amide bonds. The number of piperidine rings is 1. The minimum absolute atomic E-state index is 0.214. The Bertz CT molecular complexity index is 554. The molecular formula is C12H13F3N4O3. The molecule has 0 saturated carbocycles. The summed E-state index contributed by atoms with van der Waals surface area (Å²) in [6, 6.07) is 1.40. The Morgan fingerprint density at radius 1 is 1.23 bits per heavy atom. The van der Waals surface area contributed by atoms with Crippen LogP contribution in [-0.2, 0) is 6.18 Å². The van der Waals surface area contributed by atoms with Gasteiger partial charge in [0.2, 0.25) is 0 Å². The van der Waals surface area contributed by atoms with Crippen LogP contribution in [0.4, 0.5) is 18.0 Å². The van der Waals surface area contributed by atoms with Crippen LogP contribution in [0.25, 0.3) is 0 Å². The number of nitrogens with one attached hydrogen (secondary N) is 1. The van der Waals surface area contributed by atoms with Crippen LogP contribution in [0.5, 0.6) is 0 Å². The van der Waals surface area contributed by atoms with Gasteiger partial charge in [-0.1, -0.05) is 0 Å². The van der Waals surface area contributed by atoms with E-state index in [-0.39, 0.29) is 11.7 Å². The Kier molecular flexibility index (Phi) is 4.48. The zero-order valence-corrected chi connectivity index (χ0v) is 11.3. The van der Waals surface area contributed by atoms with Gasteiger partial charge in [-0.3, -0.25) is 4.79 Å². The van der Waals surface area contributed by atoms with E-state index in [1.807, 2.05) is 0 Å². The molecule has 0 aliphatic carbocycles. The van der Waals surface area contributed by atoms with E-state index in [1.165, 1.54) is 4.90 Å². The smallest absolute Gasteiger partial charge is 0.435 e. The van der Waals surface area contributed by atoms with Gasteiger partial charge >= 0.3 is 12.3 Å². The van der Waals surface area contributed by atoms with Crippen LogP contribution in [0, 0.1) is 0 Å². The Morgan fingerprint density at radius 2 is 1.86 bits per heavy atom. The Morgan fingerprint density at radius 3 is 2.32 bits per heavy atom. The zero-order valence-electron chi connectivity index (χ0n) is 11.3. The first-order chi connectivity index (χ1) is 10.3. The van der Waals surface area contributed by atoms with Gasteiger partial charge in [0.1, 0.15) is 0 Å². The van der Waals surface area contributed by atoms with Gasteiger partial charge in [0, 0.05) is 19.1 Å². The van der Waals surface area contributed by atoms with Gasteiger partial charge in [-0.05, 0) is 25.0 Å². The van der Waals surface area contributed by atoms with Crippen molar-refractivity contribution < 1.29 is 27.9 Å². The van der Waals surface area contributed by atoms with E-state index in [2.05, 4.69) is 15.5 Å². The second kappa shape index (κ2) is 6.16. The van der Waals surface area contributed by atoms with Crippen molar-refractivity contribution in [2.75, 3.05) is 13.1 Å². The van der Waals surface area contributed by atoms with E-state index in [4.69, 9.17) is 5.11 Å². The molecule has 0 atom stereocenters. The number of carboxylic acid groups (broad SMARTS) is 1. The number of hydrogen-bond donors (Lipinski definition) is 2. The molecule has 2 heterocycles. The van der Waals surface area contributed by atoms with Crippen molar-refractivity contribution in [3.63, 3.8) is 0 Å². The third-order valence-electron chi connectivity index (χ3n) is 3.29.